The molecule has 2 N–H and O–H groups in total. The Bertz CT molecular complexity index is 1240. The molecular weight excluding hydrogens is 449 g/mol. The number of nitrogens with zero attached hydrogens (tertiary/aromatic N) is 3. The number of carbonyl (C=O) groups is 2. The predicted octanol–water partition coefficient (Wildman–Crippen LogP) is 4.68. The van der Waals surface area contributed by atoms with Crippen LogP contribution < -0.4 is 10.2 Å². The van der Waals surface area contributed by atoms with E-state index in [1.54, 1.807) is 6.07 Å². The van der Waals surface area contributed by atoms with Gasteiger partial charge in [0.1, 0.15) is 6.04 Å². The largest absolute Gasteiger partial charge is 0.511 e. The minimum absolute atomic E-state index is 0.0559. The molecule has 1 atom stereocenters. The van der Waals surface area contributed by atoms with E-state index in [2.05, 4.69) is 5.32 Å². The van der Waals surface area contributed by atoms with E-state index in [9.17, 15) is 32.9 Å². The molecule has 170 valence electrons. The third kappa shape index (κ3) is 4.54. The topological polar surface area (TPSA) is 146 Å². The molecule has 33 heavy (non-hydrogen) atoms. The lowest BCUT2D eigenvalue weighted by Crippen LogP contribution is -2.47. The van der Waals surface area contributed by atoms with Crippen molar-refractivity contribution in [3.05, 3.63) is 80.7 Å². The van der Waals surface area contributed by atoms with Crippen molar-refractivity contribution in [1.82, 2.24) is 5.32 Å². The Morgan fingerprint density at radius 3 is 2.58 bits per heavy atom. The van der Waals surface area contributed by atoms with Crippen LogP contribution in [0.1, 0.15) is 29.7 Å². The highest BCUT2D eigenvalue weighted by molar-refractivity contribution is 5.97. The van der Waals surface area contributed by atoms with Crippen LogP contribution in [0.2, 0.25) is 0 Å². The molecule has 10 nitrogen and oxygen atoms in total. The lowest BCUT2D eigenvalue weighted by atomic mass is 9.98. The van der Waals surface area contributed by atoms with E-state index in [-0.39, 0.29) is 22.5 Å². The van der Waals surface area contributed by atoms with E-state index in [1.807, 2.05) is 0 Å². The van der Waals surface area contributed by atoms with Crippen molar-refractivity contribution in [2.75, 3.05) is 4.90 Å². The number of carboxylic acid groups (broad SMARTS) is 1. The van der Waals surface area contributed by atoms with Gasteiger partial charge in [-0.1, -0.05) is 6.07 Å². The number of urea groups is 1. The summed E-state index contributed by atoms with van der Waals surface area (Å²) in [5.41, 5.74) is -2.33. The summed E-state index contributed by atoms with van der Waals surface area (Å²) in [5, 5.41) is 32.0. The predicted molar refractivity (Wildman–Crippen MR) is 105 cm³/mol. The molecule has 0 fully saturated rings. The minimum atomic E-state index is -4.70. The quantitative estimate of drug-likeness (QED) is 0.381. The summed E-state index contributed by atoms with van der Waals surface area (Å²) >= 11 is 0. The van der Waals surface area contributed by atoms with Crippen molar-refractivity contribution in [3.8, 4) is 6.07 Å². The molecule has 0 aromatic heterocycles. The summed E-state index contributed by atoms with van der Waals surface area (Å²) in [6.07, 6.45) is -6.52. The second-order valence-electron chi connectivity index (χ2n) is 6.73. The van der Waals surface area contributed by atoms with E-state index in [4.69, 9.17) is 15.1 Å². The molecule has 0 spiro atoms. The van der Waals surface area contributed by atoms with Gasteiger partial charge in [0.2, 0.25) is 0 Å². The fourth-order valence-corrected chi connectivity index (χ4v) is 3.32. The van der Waals surface area contributed by atoms with Crippen LogP contribution in [-0.4, -0.2) is 22.2 Å². The Morgan fingerprint density at radius 1 is 1.30 bits per heavy atom. The Balaban J connectivity index is 2.19. The molecule has 1 aliphatic heterocycles. The summed E-state index contributed by atoms with van der Waals surface area (Å²) in [7, 11) is 0. The third-order valence-corrected chi connectivity index (χ3v) is 4.72. The molecule has 2 amide bonds. The maximum absolute atomic E-state index is 13.1. The fourth-order valence-electron chi connectivity index (χ4n) is 3.32. The number of nitro benzene ring substituents is 1. The van der Waals surface area contributed by atoms with Crippen LogP contribution in [0.15, 0.2) is 53.9 Å². The molecule has 1 heterocycles. The summed E-state index contributed by atoms with van der Waals surface area (Å²) < 4.78 is 44.2. The second kappa shape index (κ2) is 8.50. The Kier molecular flexibility index (Phi) is 5.94. The first-order chi connectivity index (χ1) is 15.4. The molecule has 0 radical (unpaired) electrons. The molecule has 13 heteroatoms. The minimum Gasteiger partial charge on any atom is -0.449 e. The van der Waals surface area contributed by atoms with Crippen molar-refractivity contribution in [1.29, 1.82) is 5.26 Å². The van der Waals surface area contributed by atoms with Crippen LogP contribution in [0.3, 0.4) is 0 Å². The number of alkyl halides is 3. The van der Waals surface area contributed by atoms with Gasteiger partial charge in [0.05, 0.1) is 39.1 Å². The number of rotatable bonds is 4. The normalized spacial score (nSPS) is 16.2. The average molecular weight is 462 g/mol. The highest BCUT2D eigenvalue weighted by Gasteiger charge is 2.39. The average Bonchev–Trinajstić information content (AvgIpc) is 2.74. The number of amides is 2. The van der Waals surface area contributed by atoms with Crippen LogP contribution in [0.25, 0.3) is 0 Å². The van der Waals surface area contributed by atoms with Crippen molar-refractivity contribution in [2.24, 2.45) is 0 Å². The molecule has 2 aromatic rings. The first-order valence-corrected chi connectivity index (χ1v) is 9.02. The van der Waals surface area contributed by atoms with Gasteiger partial charge in [0.25, 0.3) is 5.69 Å². The summed E-state index contributed by atoms with van der Waals surface area (Å²) in [6, 6.07) is 6.34. The van der Waals surface area contributed by atoms with Crippen molar-refractivity contribution < 1.29 is 37.5 Å². The van der Waals surface area contributed by atoms with E-state index >= 15 is 0 Å². The standard InChI is InChI=1S/C20H13F3N4O6/c1-10-17(33-19(29)30)16(14-6-5-11(9-24)7-15(14)27(31)32)25-18(28)26(10)13-4-2-3-12(8-13)20(21,22)23/h2-8,16H,1H3,(H,25,28)(H,29,30)/t16-/m1/s1. The molecular formula is C20H13F3N4O6. The van der Waals surface area contributed by atoms with E-state index < -0.39 is 46.3 Å². The van der Waals surface area contributed by atoms with Gasteiger partial charge in [-0.3, -0.25) is 15.0 Å². The fraction of sp³-hybridized carbons (Fsp3) is 0.150. The Hall–Kier alpha value is -4.60. The number of nitrogens with one attached hydrogen (secondary N) is 1. The van der Waals surface area contributed by atoms with Crippen LogP contribution in [0, 0.1) is 21.4 Å². The zero-order valence-corrected chi connectivity index (χ0v) is 16.6. The number of nitriles is 1. The monoisotopic (exact) mass is 462 g/mol. The third-order valence-electron chi connectivity index (χ3n) is 4.72. The maximum Gasteiger partial charge on any atom is 0.511 e. The molecule has 1 aliphatic rings. The van der Waals surface area contributed by atoms with Crippen LogP contribution >= 0.6 is 0 Å². The van der Waals surface area contributed by atoms with Crippen LogP contribution in [-0.2, 0) is 10.9 Å². The van der Waals surface area contributed by atoms with Gasteiger partial charge in [-0.2, -0.15) is 18.4 Å². The Morgan fingerprint density at radius 2 is 2.00 bits per heavy atom. The van der Waals surface area contributed by atoms with Crippen molar-refractivity contribution in [3.63, 3.8) is 0 Å². The molecule has 0 unspecified atom stereocenters. The van der Waals surface area contributed by atoms with Crippen LogP contribution in [0.4, 0.5) is 34.1 Å². The lowest BCUT2D eigenvalue weighted by molar-refractivity contribution is -0.385. The van der Waals surface area contributed by atoms with E-state index in [1.165, 1.54) is 19.1 Å². The van der Waals surface area contributed by atoms with Gasteiger partial charge < -0.3 is 15.2 Å². The van der Waals surface area contributed by atoms with Gasteiger partial charge in [0.15, 0.2) is 5.76 Å². The molecule has 3 rings (SSSR count). The summed E-state index contributed by atoms with van der Waals surface area (Å²) in [4.78, 5) is 35.6. The molecule has 0 aliphatic carbocycles. The molecule has 0 saturated heterocycles. The number of carbonyl (C=O) groups excluding carboxylic acids is 1. The summed E-state index contributed by atoms with van der Waals surface area (Å²) in [5.74, 6) is -0.465. The highest BCUT2D eigenvalue weighted by atomic mass is 19.4. The van der Waals surface area contributed by atoms with Gasteiger partial charge in [-0.15, -0.1) is 0 Å². The molecule has 2 aromatic carbocycles. The number of ether oxygens (including phenoxy) is 1. The second-order valence-corrected chi connectivity index (χ2v) is 6.73. The number of benzene rings is 2. The Labute approximate surface area is 183 Å². The van der Waals surface area contributed by atoms with E-state index in [0.717, 1.165) is 29.2 Å². The number of nitro groups is 1. The smallest absolute Gasteiger partial charge is 0.449 e. The lowest BCUT2D eigenvalue weighted by Gasteiger charge is -2.34. The van der Waals surface area contributed by atoms with Crippen molar-refractivity contribution in [2.45, 2.75) is 19.1 Å². The maximum atomic E-state index is 13.1. The number of anilines is 1. The molecule has 0 saturated carbocycles. The number of halogens is 3. The first kappa shape index (κ1) is 23.1. The zero-order valence-electron chi connectivity index (χ0n) is 16.6. The first-order valence-electron chi connectivity index (χ1n) is 9.02. The summed E-state index contributed by atoms with van der Waals surface area (Å²) in [6.45, 7) is 1.22. The zero-order chi connectivity index (χ0) is 24.5. The highest BCUT2D eigenvalue weighted by Crippen LogP contribution is 2.39. The number of hydrogen-bond acceptors (Lipinski definition) is 6. The SMILES string of the molecule is CC1=C(OC(=O)O)[C@@H](c2ccc(C#N)cc2[N+](=O)[O-])NC(=O)N1c1cccc(C(F)(F)F)c1. The molecule has 0 bridgehead atoms. The van der Waals surface area contributed by atoms with Crippen molar-refractivity contribution >= 4 is 23.6 Å². The van der Waals surface area contributed by atoms with Crippen LogP contribution in [0.5, 0.6) is 0 Å². The van der Waals surface area contributed by atoms with E-state index in [0.29, 0.717) is 6.07 Å². The van der Waals surface area contributed by atoms with Gasteiger partial charge >= 0.3 is 18.4 Å². The van der Waals surface area contributed by atoms with Gasteiger partial charge in [-0.05, 0) is 37.3 Å². The van der Waals surface area contributed by atoms with Gasteiger partial charge in [-0.25, -0.2) is 9.59 Å². The number of allylic oxidation sites excluding steroid dienone is 1. The number of hydrogen-bond donors (Lipinski definition) is 2. The van der Waals surface area contributed by atoms with Gasteiger partial charge in [0, 0.05) is 6.07 Å².